The summed E-state index contributed by atoms with van der Waals surface area (Å²) in [5.41, 5.74) is 0. The van der Waals surface area contributed by atoms with Gasteiger partial charge in [0.1, 0.15) is 0 Å². The summed E-state index contributed by atoms with van der Waals surface area (Å²) in [7, 11) is 0. The number of hydrogen-bond donors (Lipinski definition) is 1. The van der Waals surface area contributed by atoms with Crippen LogP contribution in [-0.2, 0) is 0 Å². The van der Waals surface area contributed by atoms with Crippen LogP contribution in [0.2, 0.25) is 0 Å². The van der Waals surface area contributed by atoms with Gasteiger partial charge in [-0.25, -0.2) is 4.68 Å². The molecule has 0 spiro atoms. The van der Waals surface area contributed by atoms with E-state index in [1.807, 2.05) is 4.68 Å². The van der Waals surface area contributed by atoms with Crippen LogP contribution in [0.5, 0.6) is 0 Å². The van der Waals surface area contributed by atoms with Crippen molar-refractivity contribution < 1.29 is 0 Å². The second-order valence-corrected chi connectivity index (χ2v) is 3.73. The van der Waals surface area contributed by atoms with Gasteiger partial charge in [-0.3, -0.25) is 4.90 Å². The van der Waals surface area contributed by atoms with E-state index in [-0.39, 0.29) is 0 Å². The van der Waals surface area contributed by atoms with Crippen molar-refractivity contribution in [3.8, 4) is 0 Å². The molecule has 0 aliphatic carbocycles. The number of likely N-dealkylation sites (tertiary alicyclic amines) is 1. The maximum Gasteiger partial charge on any atom is 0.238 e. The van der Waals surface area contributed by atoms with E-state index in [9.17, 15) is 0 Å². The van der Waals surface area contributed by atoms with E-state index in [0.717, 1.165) is 13.1 Å². The van der Waals surface area contributed by atoms with Gasteiger partial charge in [0.25, 0.3) is 0 Å². The Hall–Kier alpha value is -0.750. The van der Waals surface area contributed by atoms with Crippen LogP contribution in [0.25, 0.3) is 0 Å². The minimum Gasteiger partial charge on any atom is -0.299 e. The zero-order valence-corrected chi connectivity index (χ0v) is 8.42. The van der Waals surface area contributed by atoms with Crippen LogP contribution in [0.3, 0.4) is 0 Å². The maximum absolute atomic E-state index is 5.00. The number of H-pyrrole nitrogens is 1. The van der Waals surface area contributed by atoms with Crippen LogP contribution in [0.15, 0.2) is 0 Å². The third-order valence-corrected chi connectivity index (χ3v) is 2.62. The molecule has 0 saturated carbocycles. The van der Waals surface area contributed by atoms with Crippen LogP contribution in [0.1, 0.15) is 19.4 Å². The highest BCUT2D eigenvalue weighted by atomic mass is 32.1. The molecule has 1 saturated heterocycles. The summed E-state index contributed by atoms with van der Waals surface area (Å²) in [5, 5.41) is 10.2. The quantitative estimate of drug-likeness (QED) is 0.724. The molecule has 6 heteroatoms. The van der Waals surface area contributed by atoms with E-state index in [1.165, 1.54) is 13.0 Å². The Morgan fingerprint density at radius 3 is 2.92 bits per heavy atom. The molecule has 1 aliphatic heterocycles. The van der Waals surface area contributed by atoms with E-state index in [4.69, 9.17) is 12.2 Å². The molecule has 0 radical (unpaired) electrons. The molecule has 0 aromatic carbocycles. The van der Waals surface area contributed by atoms with Crippen LogP contribution in [0, 0.1) is 4.77 Å². The van der Waals surface area contributed by atoms with Crippen molar-refractivity contribution in [1.82, 2.24) is 25.1 Å². The smallest absolute Gasteiger partial charge is 0.238 e. The van der Waals surface area contributed by atoms with Gasteiger partial charge in [-0.15, -0.1) is 0 Å². The molecule has 1 aromatic heterocycles. The number of nitrogens with one attached hydrogen (secondary N) is 1. The lowest BCUT2D eigenvalue weighted by Gasteiger charge is -2.38. The molecule has 1 aromatic rings. The molecule has 2 heterocycles. The van der Waals surface area contributed by atoms with Crippen LogP contribution in [-0.4, -0.2) is 44.7 Å². The lowest BCUT2D eigenvalue weighted by Crippen LogP contribution is -2.48. The lowest BCUT2D eigenvalue weighted by atomic mass is 10.1. The highest BCUT2D eigenvalue weighted by molar-refractivity contribution is 7.71. The van der Waals surface area contributed by atoms with E-state index in [1.54, 1.807) is 0 Å². The zero-order valence-electron chi connectivity index (χ0n) is 7.60. The Bertz CT molecular complexity index is 324. The molecule has 1 aliphatic rings. The van der Waals surface area contributed by atoms with Gasteiger partial charge in [0.2, 0.25) is 4.77 Å². The normalized spacial score (nSPS) is 18.8. The van der Waals surface area contributed by atoms with Crippen LogP contribution < -0.4 is 0 Å². The van der Waals surface area contributed by atoms with Gasteiger partial charge in [0.05, 0.1) is 6.04 Å². The van der Waals surface area contributed by atoms with Crippen molar-refractivity contribution >= 4 is 12.2 Å². The molecular weight excluding hydrogens is 186 g/mol. The number of hydrogen-bond acceptors (Lipinski definition) is 4. The van der Waals surface area contributed by atoms with Gasteiger partial charge in [-0.2, -0.15) is 5.21 Å². The Balaban J connectivity index is 1.94. The summed E-state index contributed by atoms with van der Waals surface area (Å²) in [5.74, 6) is 0. The highest BCUT2D eigenvalue weighted by Crippen LogP contribution is 2.19. The van der Waals surface area contributed by atoms with E-state index in [0.29, 0.717) is 10.8 Å². The first-order valence-electron chi connectivity index (χ1n) is 4.53. The number of nitrogens with zero attached hydrogens (tertiary/aromatic N) is 4. The van der Waals surface area contributed by atoms with Crippen LogP contribution >= 0.6 is 12.2 Å². The molecule has 5 nitrogen and oxygen atoms in total. The standard InChI is InChI=1S/C7H13N5S/c1-2-3-11-4-6(5-11)12-7(13)8-9-10-12/h6H,2-5H2,1H3,(H,8,10,13). The molecule has 0 amide bonds. The van der Waals surface area contributed by atoms with Gasteiger partial charge < -0.3 is 0 Å². The van der Waals surface area contributed by atoms with E-state index < -0.39 is 0 Å². The minimum atomic E-state index is 0.453. The predicted octanol–water partition coefficient (Wildman–Crippen LogP) is 0.602. The molecule has 1 fully saturated rings. The number of aromatic nitrogens is 4. The molecule has 13 heavy (non-hydrogen) atoms. The number of rotatable bonds is 3. The second-order valence-electron chi connectivity index (χ2n) is 3.37. The third-order valence-electron chi connectivity index (χ3n) is 2.34. The molecular formula is C7H13N5S. The van der Waals surface area contributed by atoms with Crippen molar-refractivity contribution in [2.24, 2.45) is 0 Å². The minimum absolute atomic E-state index is 0.453. The second kappa shape index (κ2) is 3.55. The highest BCUT2D eigenvalue weighted by Gasteiger charge is 2.28. The number of tetrazole rings is 1. The van der Waals surface area contributed by atoms with Crippen molar-refractivity contribution in [2.45, 2.75) is 19.4 Å². The largest absolute Gasteiger partial charge is 0.299 e. The first-order chi connectivity index (χ1) is 6.31. The fraction of sp³-hybridized carbons (Fsp3) is 0.857. The molecule has 0 atom stereocenters. The number of aromatic amines is 1. The average Bonchev–Trinajstić information content (AvgIpc) is 2.43. The average molecular weight is 199 g/mol. The van der Waals surface area contributed by atoms with Crippen molar-refractivity contribution in [3.05, 3.63) is 4.77 Å². The van der Waals surface area contributed by atoms with Crippen LogP contribution in [0.4, 0.5) is 0 Å². The molecule has 2 rings (SSSR count). The van der Waals surface area contributed by atoms with Gasteiger partial charge >= 0.3 is 0 Å². The van der Waals surface area contributed by atoms with Crippen molar-refractivity contribution in [1.29, 1.82) is 0 Å². The van der Waals surface area contributed by atoms with E-state index >= 15 is 0 Å². The monoisotopic (exact) mass is 199 g/mol. The summed E-state index contributed by atoms with van der Waals surface area (Å²) in [6.07, 6.45) is 1.21. The predicted molar refractivity (Wildman–Crippen MR) is 51.0 cm³/mol. The van der Waals surface area contributed by atoms with Gasteiger partial charge in [0, 0.05) is 13.1 Å². The Morgan fingerprint density at radius 2 is 2.38 bits per heavy atom. The first kappa shape index (κ1) is 8.83. The summed E-state index contributed by atoms with van der Waals surface area (Å²) in [6, 6.07) is 0.453. The molecule has 0 bridgehead atoms. The topological polar surface area (TPSA) is 49.7 Å². The Labute approximate surface area is 81.7 Å². The fourth-order valence-corrected chi connectivity index (χ4v) is 1.88. The lowest BCUT2D eigenvalue weighted by molar-refractivity contribution is 0.0966. The Kier molecular flexibility index (Phi) is 2.41. The van der Waals surface area contributed by atoms with Gasteiger partial charge in [-0.05, 0) is 25.2 Å². The third kappa shape index (κ3) is 1.64. The summed E-state index contributed by atoms with van der Waals surface area (Å²) in [4.78, 5) is 2.40. The summed E-state index contributed by atoms with van der Waals surface area (Å²) in [6.45, 7) is 5.49. The summed E-state index contributed by atoms with van der Waals surface area (Å²) < 4.78 is 2.42. The van der Waals surface area contributed by atoms with Gasteiger partial charge in [0.15, 0.2) is 0 Å². The first-order valence-corrected chi connectivity index (χ1v) is 4.94. The van der Waals surface area contributed by atoms with Crippen molar-refractivity contribution in [2.75, 3.05) is 19.6 Å². The molecule has 72 valence electrons. The SMILES string of the molecule is CCCN1CC(n2[nH]nnc2=S)C1. The zero-order chi connectivity index (χ0) is 9.26. The maximum atomic E-state index is 5.00. The fourth-order valence-electron chi connectivity index (χ4n) is 1.65. The van der Waals surface area contributed by atoms with Gasteiger partial charge in [-0.1, -0.05) is 17.2 Å². The van der Waals surface area contributed by atoms with E-state index in [2.05, 4.69) is 27.3 Å². The molecule has 0 unspecified atom stereocenters. The Morgan fingerprint density at radius 1 is 1.62 bits per heavy atom. The van der Waals surface area contributed by atoms with Crippen molar-refractivity contribution in [3.63, 3.8) is 0 Å². The summed E-state index contributed by atoms with van der Waals surface area (Å²) >= 11 is 5.00. The molecule has 1 N–H and O–H groups in total.